The van der Waals surface area contributed by atoms with Crippen molar-refractivity contribution in [3.63, 3.8) is 0 Å². The van der Waals surface area contributed by atoms with Crippen LogP contribution in [0.5, 0.6) is 0 Å². The Morgan fingerprint density at radius 1 is 1.35 bits per heavy atom. The number of hydrogen-bond donors (Lipinski definition) is 1. The van der Waals surface area contributed by atoms with Crippen LogP contribution in [0.3, 0.4) is 0 Å². The fourth-order valence-electron chi connectivity index (χ4n) is 1.64. The summed E-state index contributed by atoms with van der Waals surface area (Å²) in [7, 11) is 0. The Balaban J connectivity index is 1.81. The molecule has 0 aromatic heterocycles. The predicted octanol–water partition coefficient (Wildman–Crippen LogP) is 2.89. The van der Waals surface area contributed by atoms with E-state index in [1.807, 2.05) is 0 Å². The highest BCUT2D eigenvalue weighted by Gasteiger charge is 2.69. The van der Waals surface area contributed by atoms with Crippen molar-refractivity contribution in [2.24, 2.45) is 5.41 Å². The average molecular weight is 320 g/mol. The van der Waals surface area contributed by atoms with Crippen LogP contribution in [0.4, 0.5) is 10.1 Å². The van der Waals surface area contributed by atoms with Crippen LogP contribution in [0.15, 0.2) is 24.3 Å². The van der Waals surface area contributed by atoms with Crippen LogP contribution in [0.25, 0.3) is 0 Å². The molecule has 0 aliphatic heterocycles. The van der Waals surface area contributed by atoms with Crippen LogP contribution >= 0.6 is 23.2 Å². The minimum atomic E-state index is -1.13. The normalized spacial score (nSPS) is 23.0. The molecule has 1 amide bonds. The van der Waals surface area contributed by atoms with Crippen LogP contribution in [0, 0.1) is 11.2 Å². The lowest BCUT2D eigenvalue weighted by Crippen LogP contribution is -2.26. The summed E-state index contributed by atoms with van der Waals surface area (Å²) in [5.74, 6) is -1.54. The smallest absolute Gasteiger partial charge is 0.315 e. The van der Waals surface area contributed by atoms with Gasteiger partial charge in [0.1, 0.15) is 15.6 Å². The van der Waals surface area contributed by atoms with Crippen molar-refractivity contribution in [3.8, 4) is 0 Å². The highest BCUT2D eigenvalue weighted by atomic mass is 35.5. The van der Waals surface area contributed by atoms with Crippen LogP contribution in [0.1, 0.15) is 13.3 Å². The van der Waals surface area contributed by atoms with Gasteiger partial charge in [0, 0.05) is 12.1 Å². The summed E-state index contributed by atoms with van der Waals surface area (Å²) in [6.07, 6.45) is 0.293. The molecule has 0 radical (unpaired) electrons. The molecule has 0 unspecified atom stereocenters. The molecule has 1 aromatic rings. The number of nitrogens with one attached hydrogen (secondary N) is 1. The number of carbonyl (C=O) groups is 2. The quantitative estimate of drug-likeness (QED) is 0.685. The third kappa shape index (κ3) is 3.04. The van der Waals surface area contributed by atoms with Crippen molar-refractivity contribution < 1.29 is 18.7 Å². The number of benzene rings is 1. The zero-order chi connectivity index (χ0) is 15.0. The number of amides is 1. The van der Waals surface area contributed by atoms with Crippen molar-refractivity contribution in [2.45, 2.75) is 17.7 Å². The van der Waals surface area contributed by atoms with E-state index in [4.69, 9.17) is 27.9 Å². The molecule has 108 valence electrons. The molecule has 20 heavy (non-hydrogen) atoms. The first-order valence-corrected chi connectivity index (χ1v) is 6.61. The molecular weight excluding hydrogens is 308 g/mol. The minimum absolute atomic E-state index is 0.293. The van der Waals surface area contributed by atoms with Crippen LogP contribution < -0.4 is 5.32 Å². The SMILES string of the molecule is C[C@]1(C(=O)OCC(=O)Nc2ccc(F)cc2)CC1(Cl)Cl. The first-order chi connectivity index (χ1) is 9.24. The number of rotatable bonds is 4. The van der Waals surface area contributed by atoms with Gasteiger partial charge < -0.3 is 10.1 Å². The van der Waals surface area contributed by atoms with Gasteiger partial charge in [-0.1, -0.05) is 0 Å². The summed E-state index contributed by atoms with van der Waals surface area (Å²) in [6.45, 7) is 1.13. The Hall–Kier alpha value is -1.33. The fraction of sp³-hybridized carbons (Fsp3) is 0.385. The van der Waals surface area contributed by atoms with Crippen molar-refractivity contribution in [1.82, 2.24) is 0 Å². The van der Waals surface area contributed by atoms with Gasteiger partial charge in [0.15, 0.2) is 6.61 Å². The molecule has 1 N–H and O–H groups in total. The molecule has 1 aromatic carbocycles. The van der Waals surface area contributed by atoms with E-state index < -0.39 is 34.0 Å². The highest BCUT2D eigenvalue weighted by molar-refractivity contribution is 6.53. The van der Waals surface area contributed by atoms with Gasteiger partial charge in [0.2, 0.25) is 0 Å². The Morgan fingerprint density at radius 3 is 2.40 bits per heavy atom. The maximum Gasteiger partial charge on any atom is 0.315 e. The molecule has 7 heteroatoms. The maximum absolute atomic E-state index is 12.7. The molecule has 0 spiro atoms. The third-order valence-electron chi connectivity index (χ3n) is 3.17. The molecule has 0 heterocycles. The molecule has 0 bridgehead atoms. The van der Waals surface area contributed by atoms with Crippen LogP contribution in [-0.2, 0) is 14.3 Å². The van der Waals surface area contributed by atoms with E-state index in [1.165, 1.54) is 24.3 Å². The largest absolute Gasteiger partial charge is 0.455 e. The number of ether oxygens (including phenoxy) is 1. The van der Waals surface area contributed by atoms with E-state index >= 15 is 0 Å². The number of alkyl halides is 2. The van der Waals surface area contributed by atoms with Gasteiger partial charge in [-0.2, -0.15) is 0 Å². The van der Waals surface area contributed by atoms with Crippen molar-refractivity contribution in [2.75, 3.05) is 11.9 Å². The zero-order valence-corrected chi connectivity index (χ0v) is 12.1. The lowest BCUT2D eigenvalue weighted by atomic mass is 10.1. The lowest BCUT2D eigenvalue weighted by Gasteiger charge is -2.11. The number of anilines is 1. The Kier molecular flexibility index (Phi) is 3.93. The van der Waals surface area contributed by atoms with Crippen molar-refractivity contribution in [1.29, 1.82) is 0 Å². The molecule has 1 aliphatic rings. The van der Waals surface area contributed by atoms with E-state index in [-0.39, 0.29) is 0 Å². The van der Waals surface area contributed by atoms with Gasteiger partial charge in [-0.05, 0) is 31.2 Å². The Labute approximate surface area is 125 Å². The van der Waals surface area contributed by atoms with E-state index in [1.54, 1.807) is 6.92 Å². The average Bonchev–Trinajstić information content (AvgIpc) is 2.90. The summed E-state index contributed by atoms with van der Waals surface area (Å²) in [4.78, 5) is 23.3. The predicted molar refractivity (Wildman–Crippen MR) is 73.1 cm³/mol. The second-order valence-electron chi connectivity index (χ2n) is 4.84. The van der Waals surface area contributed by atoms with E-state index in [0.717, 1.165) is 0 Å². The first kappa shape index (κ1) is 15.1. The second-order valence-corrected chi connectivity index (χ2v) is 6.33. The summed E-state index contributed by atoms with van der Waals surface area (Å²) >= 11 is 11.7. The first-order valence-electron chi connectivity index (χ1n) is 5.85. The van der Waals surface area contributed by atoms with Gasteiger partial charge in [-0.15, -0.1) is 23.2 Å². The monoisotopic (exact) mass is 319 g/mol. The molecule has 1 aliphatic carbocycles. The number of hydrogen-bond acceptors (Lipinski definition) is 3. The molecule has 1 saturated carbocycles. The number of halogens is 3. The standard InChI is InChI=1S/C13H12Cl2FNO3/c1-12(7-13(12,14)15)11(19)20-6-10(18)17-9-4-2-8(16)3-5-9/h2-5H,6-7H2,1H3,(H,17,18)/t12-/m1/s1. The fourth-order valence-corrected chi connectivity index (χ4v) is 2.33. The number of esters is 1. The summed E-state index contributed by atoms with van der Waals surface area (Å²) in [5, 5.41) is 2.47. The van der Waals surface area contributed by atoms with Crippen molar-refractivity contribution in [3.05, 3.63) is 30.1 Å². The van der Waals surface area contributed by atoms with E-state index in [0.29, 0.717) is 12.1 Å². The summed E-state index contributed by atoms with van der Waals surface area (Å²) in [5.41, 5.74) is -0.555. The molecule has 2 rings (SSSR count). The minimum Gasteiger partial charge on any atom is -0.455 e. The zero-order valence-electron chi connectivity index (χ0n) is 10.6. The van der Waals surface area contributed by atoms with Gasteiger partial charge in [-0.25, -0.2) is 4.39 Å². The van der Waals surface area contributed by atoms with Gasteiger partial charge in [-0.3, -0.25) is 9.59 Å². The van der Waals surface area contributed by atoms with E-state index in [2.05, 4.69) is 5.32 Å². The van der Waals surface area contributed by atoms with Crippen LogP contribution in [0.2, 0.25) is 0 Å². The molecule has 1 fully saturated rings. The Morgan fingerprint density at radius 2 is 1.90 bits per heavy atom. The summed E-state index contributed by atoms with van der Waals surface area (Å²) in [6, 6.07) is 5.23. The highest BCUT2D eigenvalue weighted by Crippen LogP contribution is 2.64. The Bertz CT molecular complexity index is 547. The lowest BCUT2D eigenvalue weighted by molar-refractivity contribution is -0.152. The second kappa shape index (κ2) is 5.22. The maximum atomic E-state index is 12.7. The van der Waals surface area contributed by atoms with E-state index in [9.17, 15) is 14.0 Å². The van der Waals surface area contributed by atoms with Gasteiger partial charge >= 0.3 is 5.97 Å². The molecule has 4 nitrogen and oxygen atoms in total. The molecule has 0 saturated heterocycles. The third-order valence-corrected chi connectivity index (χ3v) is 4.27. The van der Waals surface area contributed by atoms with Gasteiger partial charge in [0.05, 0.1) is 0 Å². The van der Waals surface area contributed by atoms with Crippen molar-refractivity contribution >= 4 is 40.8 Å². The van der Waals surface area contributed by atoms with Crippen LogP contribution in [-0.4, -0.2) is 22.8 Å². The molecular formula is C13H12Cl2FNO3. The molecule has 1 atom stereocenters. The summed E-state index contributed by atoms with van der Waals surface area (Å²) < 4.78 is 16.4. The topological polar surface area (TPSA) is 55.4 Å². The number of carbonyl (C=O) groups excluding carboxylic acids is 2. The van der Waals surface area contributed by atoms with Gasteiger partial charge in [0.25, 0.3) is 5.91 Å².